The summed E-state index contributed by atoms with van der Waals surface area (Å²) in [6.45, 7) is 0.704. The van der Waals surface area contributed by atoms with Crippen molar-refractivity contribution < 1.29 is 9.09 Å². The molecule has 35 valence electrons. The highest BCUT2D eigenvalue weighted by molar-refractivity contribution is 7.39. The van der Waals surface area contributed by atoms with Crippen LogP contribution in [0.1, 0.15) is 6.42 Å². The van der Waals surface area contributed by atoms with Crippen molar-refractivity contribution in [2.45, 2.75) is 6.42 Å². The first kappa shape index (κ1) is 4.23. The van der Waals surface area contributed by atoms with Crippen molar-refractivity contribution in [1.82, 2.24) is 0 Å². The topological polar surface area (TPSA) is 26.3 Å². The smallest absolute Gasteiger partial charge is 0.212 e. The van der Waals surface area contributed by atoms with Gasteiger partial charge < -0.3 is 4.52 Å². The van der Waals surface area contributed by atoms with Gasteiger partial charge in [0, 0.05) is 6.16 Å². The number of hydrogen-bond donors (Lipinski definition) is 0. The van der Waals surface area contributed by atoms with Gasteiger partial charge in [0.25, 0.3) is 0 Å². The molecule has 0 aliphatic carbocycles. The van der Waals surface area contributed by atoms with Crippen molar-refractivity contribution in [3.8, 4) is 0 Å². The van der Waals surface area contributed by atoms with E-state index >= 15 is 0 Å². The summed E-state index contributed by atoms with van der Waals surface area (Å²) in [5.41, 5.74) is 0. The molecule has 1 fully saturated rings. The minimum atomic E-state index is -1.22. The van der Waals surface area contributed by atoms with Gasteiger partial charge in [0.15, 0.2) is 0 Å². The summed E-state index contributed by atoms with van der Waals surface area (Å²) in [6, 6.07) is 0. The van der Waals surface area contributed by atoms with Crippen LogP contribution in [-0.4, -0.2) is 12.8 Å². The molecule has 2 nitrogen and oxygen atoms in total. The normalized spacial score (nSPS) is 28.3. The predicted octanol–water partition coefficient (Wildman–Crippen LogP) is 1.15. The van der Waals surface area contributed by atoms with Gasteiger partial charge in [0.05, 0.1) is 6.61 Å². The Morgan fingerprint density at radius 1 is 1.67 bits per heavy atom. The highest BCUT2D eigenvalue weighted by Crippen LogP contribution is 2.28. The maximum atomic E-state index is 10.2. The molecule has 0 spiro atoms. The van der Waals surface area contributed by atoms with Crippen molar-refractivity contribution in [2.75, 3.05) is 12.8 Å². The van der Waals surface area contributed by atoms with Crippen LogP contribution < -0.4 is 0 Å². The molecule has 1 unspecified atom stereocenters. The molecule has 0 aromatic rings. The molecule has 0 aromatic heterocycles. The highest BCUT2D eigenvalue weighted by Gasteiger charge is 2.07. The van der Waals surface area contributed by atoms with Crippen LogP contribution in [0.5, 0.6) is 0 Å². The summed E-state index contributed by atoms with van der Waals surface area (Å²) in [5.74, 6) is 0. The summed E-state index contributed by atoms with van der Waals surface area (Å²) in [4.78, 5) is 0. The molecule has 1 saturated heterocycles. The number of rotatable bonds is 0. The Kier molecular flexibility index (Phi) is 1.18. The van der Waals surface area contributed by atoms with Gasteiger partial charge in [-0.05, 0) is 6.42 Å². The van der Waals surface area contributed by atoms with E-state index in [0.717, 1.165) is 12.6 Å². The van der Waals surface area contributed by atoms with Gasteiger partial charge in [-0.3, -0.25) is 4.57 Å². The van der Waals surface area contributed by atoms with Crippen LogP contribution in [0.3, 0.4) is 0 Å². The first-order chi connectivity index (χ1) is 2.89. The fraction of sp³-hybridized carbons (Fsp3) is 1.00. The second-order valence-electron chi connectivity index (χ2n) is 1.24. The lowest BCUT2D eigenvalue weighted by Gasteiger charge is -1.77. The van der Waals surface area contributed by atoms with Crippen LogP contribution in [0.2, 0.25) is 0 Å². The minimum Gasteiger partial charge on any atom is -0.304 e. The van der Waals surface area contributed by atoms with E-state index in [0.29, 0.717) is 6.61 Å². The SMILES string of the molecule is O=[P]1CCCO1. The third kappa shape index (κ3) is 0.763. The van der Waals surface area contributed by atoms with E-state index in [1.54, 1.807) is 0 Å². The van der Waals surface area contributed by atoms with E-state index in [4.69, 9.17) is 0 Å². The van der Waals surface area contributed by atoms with Crippen LogP contribution in [0.4, 0.5) is 0 Å². The summed E-state index contributed by atoms with van der Waals surface area (Å²) < 4.78 is 14.8. The summed E-state index contributed by atoms with van der Waals surface area (Å²) in [5, 5.41) is 0. The molecule has 0 saturated carbocycles. The van der Waals surface area contributed by atoms with Gasteiger partial charge >= 0.3 is 0 Å². The first-order valence-electron chi connectivity index (χ1n) is 1.97. The molecule has 0 amide bonds. The lowest BCUT2D eigenvalue weighted by Crippen LogP contribution is -1.69. The Labute approximate surface area is 37.4 Å². The maximum Gasteiger partial charge on any atom is 0.212 e. The Balaban J connectivity index is 2.37. The number of hydrogen-bond acceptors (Lipinski definition) is 2. The van der Waals surface area contributed by atoms with Gasteiger partial charge in [-0.25, -0.2) is 0 Å². The van der Waals surface area contributed by atoms with Crippen molar-refractivity contribution in [3.63, 3.8) is 0 Å². The monoisotopic (exact) mass is 105 g/mol. The van der Waals surface area contributed by atoms with Crippen molar-refractivity contribution in [3.05, 3.63) is 0 Å². The third-order valence-electron chi connectivity index (χ3n) is 0.720. The zero-order chi connectivity index (χ0) is 4.41. The largest absolute Gasteiger partial charge is 0.304 e. The minimum absolute atomic E-state index is 0.704. The average Bonchev–Trinajstić information content (AvgIpc) is 1.86. The van der Waals surface area contributed by atoms with E-state index in [9.17, 15) is 4.57 Å². The fourth-order valence-corrected chi connectivity index (χ4v) is 1.27. The maximum absolute atomic E-state index is 10.2. The zero-order valence-corrected chi connectivity index (χ0v) is 4.28. The van der Waals surface area contributed by atoms with Crippen molar-refractivity contribution in [2.24, 2.45) is 0 Å². The van der Waals surface area contributed by atoms with Crippen LogP contribution in [-0.2, 0) is 9.09 Å². The fourth-order valence-electron chi connectivity index (χ4n) is 0.425. The van der Waals surface area contributed by atoms with Crippen LogP contribution in [0.15, 0.2) is 0 Å². The molecular weight excluding hydrogens is 99.0 g/mol. The Bertz CT molecular complexity index is 63.2. The Morgan fingerprint density at radius 2 is 2.50 bits per heavy atom. The molecule has 1 heterocycles. The lowest BCUT2D eigenvalue weighted by molar-refractivity contribution is 0.365. The third-order valence-corrected chi connectivity index (χ3v) is 1.87. The van der Waals surface area contributed by atoms with Crippen LogP contribution in [0, 0.1) is 0 Å². The molecule has 0 bridgehead atoms. The highest BCUT2D eigenvalue weighted by atomic mass is 31.1. The van der Waals surface area contributed by atoms with Gasteiger partial charge in [0.1, 0.15) is 0 Å². The van der Waals surface area contributed by atoms with Gasteiger partial charge in [-0.1, -0.05) is 0 Å². The van der Waals surface area contributed by atoms with Crippen LogP contribution >= 0.6 is 8.03 Å². The molecular formula is C3H6O2P. The van der Waals surface area contributed by atoms with Gasteiger partial charge in [0.2, 0.25) is 8.03 Å². The molecule has 0 aromatic carbocycles. The molecule has 1 radical (unpaired) electrons. The van der Waals surface area contributed by atoms with E-state index < -0.39 is 8.03 Å². The molecule has 1 atom stereocenters. The molecule has 1 aliphatic rings. The van der Waals surface area contributed by atoms with E-state index in [1.165, 1.54) is 0 Å². The molecule has 3 heteroatoms. The Hall–Kier alpha value is 0.0600. The molecule has 1 rings (SSSR count). The van der Waals surface area contributed by atoms with E-state index in [2.05, 4.69) is 4.52 Å². The van der Waals surface area contributed by atoms with Gasteiger partial charge in [-0.2, -0.15) is 0 Å². The summed E-state index contributed by atoms with van der Waals surface area (Å²) in [6.07, 6.45) is 1.75. The van der Waals surface area contributed by atoms with Gasteiger partial charge in [-0.15, -0.1) is 0 Å². The summed E-state index contributed by atoms with van der Waals surface area (Å²) in [7, 11) is -1.22. The quantitative estimate of drug-likeness (QED) is 0.432. The standard InChI is InChI=1S/C3H6O2P/c4-6-3-1-2-5-6/h1-3H2. The van der Waals surface area contributed by atoms with E-state index in [-0.39, 0.29) is 0 Å². The second-order valence-corrected chi connectivity index (χ2v) is 2.61. The predicted molar refractivity (Wildman–Crippen MR) is 23.0 cm³/mol. The van der Waals surface area contributed by atoms with Crippen molar-refractivity contribution in [1.29, 1.82) is 0 Å². The average molecular weight is 105 g/mol. The second kappa shape index (κ2) is 1.67. The molecule has 0 N–H and O–H groups in total. The van der Waals surface area contributed by atoms with E-state index in [1.807, 2.05) is 0 Å². The van der Waals surface area contributed by atoms with Crippen molar-refractivity contribution >= 4 is 8.03 Å². The van der Waals surface area contributed by atoms with Crippen LogP contribution in [0.25, 0.3) is 0 Å². The molecule has 6 heavy (non-hydrogen) atoms. The zero-order valence-electron chi connectivity index (χ0n) is 3.39. The molecule has 1 aliphatic heterocycles. The first-order valence-corrected chi connectivity index (χ1v) is 3.33. The Morgan fingerprint density at radius 3 is 2.67 bits per heavy atom. The summed E-state index contributed by atoms with van der Waals surface area (Å²) >= 11 is 0. The lowest BCUT2D eigenvalue weighted by atomic mass is 10.5.